The molecule has 0 bridgehead atoms. The Balaban J connectivity index is 1.88. The highest BCUT2D eigenvalue weighted by molar-refractivity contribution is 7.08. The number of nitrogens with one attached hydrogen (secondary N) is 1. The van der Waals surface area contributed by atoms with Crippen molar-refractivity contribution in [1.29, 1.82) is 0 Å². The summed E-state index contributed by atoms with van der Waals surface area (Å²) < 4.78 is 3.93. The van der Waals surface area contributed by atoms with Crippen LogP contribution in [0.15, 0.2) is 18.3 Å². The van der Waals surface area contributed by atoms with Crippen molar-refractivity contribution in [2.45, 2.75) is 32.2 Å². The van der Waals surface area contributed by atoms with E-state index in [0.717, 1.165) is 42.9 Å². The quantitative estimate of drug-likeness (QED) is 0.938. The highest BCUT2D eigenvalue weighted by Crippen LogP contribution is 2.34. The predicted octanol–water partition coefficient (Wildman–Crippen LogP) is 2.51. The molecule has 0 spiro atoms. The molecule has 116 valence electrons. The van der Waals surface area contributed by atoms with Gasteiger partial charge in [-0.15, -0.1) is 5.10 Å². The zero-order chi connectivity index (χ0) is 15.5. The SMILES string of the molecule is CCc1nnsc1C(=O)N1CCC[C@@H]1c1ccnc(NC)c1. The molecule has 0 saturated carbocycles. The van der Waals surface area contributed by atoms with Gasteiger partial charge in [-0.25, -0.2) is 4.98 Å². The summed E-state index contributed by atoms with van der Waals surface area (Å²) in [6.07, 6.45) is 4.51. The highest BCUT2D eigenvalue weighted by atomic mass is 32.1. The lowest BCUT2D eigenvalue weighted by atomic mass is 10.1. The zero-order valence-electron chi connectivity index (χ0n) is 12.7. The number of carbonyl (C=O) groups excluding carboxylic acids is 1. The standard InChI is InChI=1S/C15H19N5OS/c1-3-11-14(22-19-18-11)15(21)20-8-4-5-12(20)10-6-7-17-13(9-10)16-2/h6-7,9,12H,3-5,8H2,1-2H3,(H,16,17)/t12-/m1/s1. The fraction of sp³-hybridized carbons (Fsp3) is 0.467. The minimum atomic E-state index is 0.0529. The fourth-order valence-corrected chi connectivity index (χ4v) is 3.59. The van der Waals surface area contributed by atoms with Crippen molar-refractivity contribution in [3.8, 4) is 0 Å². The maximum absolute atomic E-state index is 12.9. The van der Waals surface area contributed by atoms with Gasteiger partial charge in [0.15, 0.2) is 0 Å². The van der Waals surface area contributed by atoms with Gasteiger partial charge in [-0.05, 0) is 48.5 Å². The smallest absolute Gasteiger partial charge is 0.268 e. The van der Waals surface area contributed by atoms with Crippen LogP contribution in [0.5, 0.6) is 0 Å². The van der Waals surface area contributed by atoms with Gasteiger partial charge in [-0.3, -0.25) is 4.79 Å². The number of anilines is 1. The zero-order valence-corrected chi connectivity index (χ0v) is 13.6. The molecule has 0 aliphatic carbocycles. The van der Waals surface area contributed by atoms with E-state index in [1.807, 2.05) is 31.0 Å². The van der Waals surface area contributed by atoms with Crippen LogP contribution in [0, 0.1) is 0 Å². The Morgan fingerprint density at radius 2 is 2.41 bits per heavy atom. The number of likely N-dealkylation sites (tertiary alicyclic amines) is 1. The Kier molecular flexibility index (Phi) is 4.33. The number of hydrogen-bond donors (Lipinski definition) is 1. The van der Waals surface area contributed by atoms with E-state index < -0.39 is 0 Å². The molecular weight excluding hydrogens is 298 g/mol. The molecule has 2 aromatic rings. The third-order valence-electron chi connectivity index (χ3n) is 4.02. The molecule has 1 amide bonds. The number of hydrogen-bond acceptors (Lipinski definition) is 6. The highest BCUT2D eigenvalue weighted by Gasteiger charge is 2.32. The number of pyridine rings is 1. The number of rotatable bonds is 4. The van der Waals surface area contributed by atoms with Crippen LogP contribution in [-0.4, -0.2) is 39.0 Å². The molecule has 1 N–H and O–H groups in total. The van der Waals surface area contributed by atoms with Crippen LogP contribution in [0.1, 0.15) is 46.7 Å². The second-order valence-electron chi connectivity index (χ2n) is 5.28. The first-order valence-electron chi connectivity index (χ1n) is 7.50. The van der Waals surface area contributed by atoms with E-state index in [1.54, 1.807) is 6.20 Å². The molecule has 1 aliphatic rings. The number of nitrogens with zero attached hydrogens (tertiary/aromatic N) is 4. The molecule has 3 heterocycles. The van der Waals surface area contributed by atoms with Crippen LogP contribution >= 0.6 is 11.5 Å². The van der Waals surface area contributed by atoms with Crippen LogP contribution in [0.2, 0.25) is 0 Å². The lowest BCUT2D eigenvalue weighted by Crippen LogP contribution is -2.30. The van der Waals surface area contributed by atoms with E-state index in [1.165, 1.54) is 11.5 Å². The first kappa shape index (κ1) is 14.9. The first-order chi connectivity index (χ1) is 10.7. The van der Waals surface area contributed by atoms with Crippen LogP contribution in [0.25, 0.3) is 0 Å². The molecule has 3 rings (SSSR count). The maximum Gasteiger partial charge on any atom is 0.268 e. The molecule has 2 aromatic heterocycles. The Bertz CT molecular complexity index is 671. The molecule has 1 fully saturated rings. The summed E-state index contributed by atoms with van der Waals surface area (Å²) in [7, 11) is 1.85. The van der Waals surface area contributed by atoms with Gasteiger partial charge in [-0.1, -0.05) is 11.4 Å². The third kappa shape index (κ3) is 2.68. The Morgan fingerprint density at radius 3 is 3.18 bits per heavy atom. The van der Waals surface area contributed by atoms with E-state index in [2.05, 4.69) is 19.9 Å². The first-order valence-corrected chi connectivity index (χ1v) is 8.27. The van der Waals surface area contributed by atoms with Crippen molar-refractivity contribution in [1.82, 2.24) is 19.5 Å². The minimum Gasteiger partial charge on any atom is -0.373 e. The van der Waals surface area contributed by atoms with Crippen LogP contribution in [0.4, 0.5) is 5.82 Å². The molecule has 22 heavy (non-hydrogen) atoms. The topological polar surface area (TPSA) is 71.0 Å². The molecule has 1 atom stereocenters. The summed E-state index contributed by atoms with van der Waals surface area (Å²) in [4.78, 5) is 19.7. The number of aromatic nitrogens is 3. The summed E-state index contributed by atoms with van der Waals surface area (Å²) in [5.41, 5.74) is 1.92. The second-order valence-corrected chi connectivity index (χ2v) is 6.04. The number of carbonyl (C=O) groups is 1. The lowest BCUT2D eigenvalue weighted by molar-refractivity contribution is 0.0739. The normalized spacial score (nSPS) is 17.7. The second kappa shape index (κ2) is 6.39. The summed E-state index contributed by atoms with van der Waals surface area (Å²) in [5, 5.41) is 7.10. The molecule has 0 aromatic carbocycles. The van der Waals surface area contributed by atoms with E-state index in [0.29, 0.717) is 4.88 Å². The van der Waals surface area contributed by atoms with Crippen molar-refractivity contribution in [2.75, 3.05) is 18.9 Å². The van der Waals surface area contributed by atoms with Crippen molar-refractivity contribution >= 4 is 23.3 Å². The number of aryl methyl sites for hydroxylation is 1. The van der Waals surface area contributed by atoms with Crippen LogP contribution in [0.3, 0.4) is 0 Å². The van der Waals surface area contributed by atoms with E-state index in [4.69, 9.17) is 0 Å². The van der Waals surface area contributed by atoms with E-state index in [-0.39, 0.29) is 11.9 Å². The number of amides is 1. The Hall–Kier alpha value is -2.02. The van der Waals surface area contributed by atoms with E-state index in [9.17, 15) is 4.79 Å². The van der Waals surface area contributed by atoms with Crippen LogP contribution < -0.4 is 5.32 Å². The summed E-state index contributed by atoms with van der Waals surface area (Å²) in [6.45, 7) is 2.78. The van der Waals surface area contributed by atoms with Crippen molar-refractivity contribution < 1.29 is 4.79 Å². The van der Waals surface area contributed by atoms with Gasteiger partial charge in [0.2, 0.25) is 0 Å². The average molecular weight is 317 g/mol. The van der Waals surface area contributed by atoms with Gasteiger partial charge < -0.3 is 10.2 Å². The van der Waals surface area contributed by atoms with Gasteiger partial charge in [0, 0.05) is 19.8 Å². The molecule has 1 aliphatic heterocycles. The largest absolute Gasteiger partial charge is 0.373 e. The summed E-state index contributed by atoms with van der Waals surface area (Å²) >= 11 is 1.20. The average Bonchev–Trinajstić information content (AvgIpc) is 3.23. The molecule has 7 heteroatoms. The minimum absolute atomic E-state index is 0.0529. The molecule has 0 unspecified atom stereocenters. The molecule has 1 saturated heterocycles. The molecule has 6 nitrogen and oxygen atoms in total. The predicted molar refractivity (Wildman–Crippen MR) is 86.1 cm³/mol. The van der Waals surface area contributed by atoms with E-state index >= 15 is 0 Å². The Labute approximate surface area is 133 Å². The summed E-state index contributed by atoms with van der Waals surface area (Å²) in [5.74, 6) is 0.877. The Morgan fingerprint density at radius 1 is 1.55 bits per heavy atom. The monoisotopic (exact) mass is 317 g/mol. The van der Waals surface area contributed by atoms with Crippen molar-refractivity contribution in [3.63, 3.8) is 0 Å². The van der Waals surface area contributed by atoms with Gasteiger partial charge >= 0.3 is 0 Å². The van der Waals surface area contributed by atoms with Gasteiger partial charge in [0.25, 0.3) is 5.91 Å². The third-order valence-corrected chi connectivity index (χ3v) is 4.78. The van der Waals surface area contributed by atoms with Crippen molar-refractivity contribution in [2.24, 2.45) is 0 Å². The van der Waals surface area contributed by atoms with Gasteiger partial charge in [-0.2, -0.15) is 0 Å². The molecule has 0 radical (unpaired) electrons. The van der Waals surface area contributed by atoms with Gasteiger partial charge in [0.05, 0.1) is 11.7 Å². The van der Waals surface area contributed by atoms with Crippen molar-refractivity contribution in [3.05, 3.63) is 34.5 Å². The lowest BCUT2D eigenvalue weighted by Gasteiger charge is -2.25. The summed E-state index contributed by atoms with van der Waals surface area (Å²) in [6, 6.07) is 4.11. The van der Waals surface area contributed by atoms with Gasteiger partial charge in [0.1, 0.15) is 10.7 Å². The molecular formula is C15H19N5OS. The maximum atomic E-state index is 12.9. The fourth-order valence-electron chi connectivity index (χ4n) is 2.88. The van der Waals surface area contributed by atoms with Crippen LogP contribution in [-0.2, 0) is 6.42 Å².